The predicted octanol–water partition coefficient (Wildman–Crippen LogP) is 5.51. The van der Waals surface area contributed by atoms with E-state index in [2.05, 4.69) is 43.3 Å². The van der Waals surface area contributed by atoms with Crippen molar-refractivity contribution in [1.82, 2.24) is 4.90 Å². The van der Waals surface area contributed by atoms with Crippen LogP contribution in [0.5, 0.6) is 0 Å². The van der Waals surface area contributed by atoms with Crippen LogP contribution in [0.3, 0.4) is 0 Å². The van der Waals surface area contributed by atoms with Crippen LogP contribution < -0.4 is 0 Å². The zero-order valence-corrected chi connectivity index (χ0v) is 18.3. The highest BCUT2D eigenvalue weighted by atomic mass is 32.2. The van der Waals surface area contributed by atoms with Crippen LogP contribution in [-0.4, -0.2) is 32.2 Å². The molecule has 6 heteroatoms. The second-order valence-electron chi connectivity index (χ2n) is 7.90. The van der Waals surface area contributed by atoms with E-state index in [1.807, 2.05) is 18.2 Å². The lowest BCUT2D eigenvalue weighted by Crippen LogP contribution is -2.42. The first-order valence-electron chi connectivity index (χ1n) is 10.1. The predicted molar refractivity (Wildman–Crippen MR) is 125 cm³/mol. The van der Waals surface area contributed by atoms with Gasteiger partial charge in [-0.05, 0) is 55.0 Å². The molecule has 1 saturated heterocycles. The Balaban J connectivity index is 1.56. The van der Waals surface area contributed by atoms with Crippen molar-refractivity contribution in [3.05, 3.63) is 64.6 Å². The number of nitrogens with zero attached hydrogens (tertiary/aromatic N) is 1. The molecule has 4 rings (SSSR count). The molecule has 0 bridgehead atoms. The van der Waals surface area contributed by atoms with Crippen molar-refractivity contribution in [1.29, 1.82) is 0 Å². The Bertz CT molecular complexity index is 1030. The van der Waals surface area contributed by atoms with Crippen LogP contribution in [0, 0.1) is 12.8 Å². The van der Waals surface area contributed by atoms with Crippen LogP contribution >= 0.6 is 24.0 Å². The molecule has 2 aromatic carbocycles. The zero-order chi connectivity index (χ0) is 21.3. The van der Waals surface area contributed by atoms with Crippen molar-refractivity contribution >= 4 is 46.3 Å². The Hall–Kier alpha value is -2.44. The van der Waals surface area contributed by atoms with E-state index in [9.17, 15) is 14.7 Å². The normalized spacial score (nSPS) is 23.2. The number of thiocarbonyl (C=S) groups is 1. The lowest BCUT2D eigenvalue weighted by Gasteiger charge is -2.32. The summed E-state index contributed by atoms with van der Waals surface area (Å²) in [6.45, 7) is 2.06. The minimum Gasteiger partial charge on any atom is -0.481 e. The monoisotopic (exact) mass is 437 g/mol. The third-order valence-corrected chi connectivity index (χ3v) is 7.08. The molecule has 0 aromatic heterocycles. The molecule has 1 saturated carbocycles. The standard InChI is InChI=1S/C24H23NO3S2/c1-15-8-10-17(11-9-15)18-5-2-4-16(12-18)13-21-22(26)25(24(29)30-21)20-7-3-6-19(14-20)23(27)28/h2,4-5,8-13,19-20H,3,6-7,14H2,1H3,(H,27,28). The fourth-order valence-electron chi connectivity index (χ4n) is 4.12. The minimum absolute atomic E-state index is 0.109. The Kier molecular flexibility index (Phi) is 6.06. The quantitative estimate of drug-likeness (QED) is 0.505. The number of hydrogen-bond acceptors (Lipinski definition) is 4. The molecule has 0 spiro atoms. The molecule has 1 heterocycles. The van der Waals surface area contributed by atoms with Crippen LogP contribution in [0.15, 0.2) is 53.4 Å². The van der Waals surface area contributed by atoms with Gasteiger partial charge in [-0.15, -0.1) is 0 Å². The van der Waals surface area contributed by atoms with Crippen molar-refractivity contribution in [2.24, 2.45) is 5.92 Å². The van der Waals surface area contributed by atoms with Gasteiger partial charge in [0.2, 0.25) is 0 Å². The van der Waals surface area contributed by atoms with Crippen LogP contribution in [0.2, 0.25) is 0 Å². The highest BCUT2D eigenvalue weighted by Gasteiger charge is 2.40. The number of benzene rings is 2. The summed E-state index contributed by atoms with van der Waals surface area (Å²) in [7, 11) is 0. The lowest BCUT2D eigenvalue weighted by atomic mass is 9.85. The van der Waals surface area contributed by atoms with Gasteiger partial charge < -0.3 is 5.11 Å². The van der Waals surface area contributed by atoms with Gasteiger partial charge in [-0.2, -0.15) is 0 Å². The van der Waals surface area contributed by atoms with E-state index in [0.717, 1.165) is 29.5 Å². The minimum atomic E-state index is -0.784. The van der Waals surface area contributed by atoms with Gasteiger partial charge in [0.25, 0.3) is 5.91 Å². The summed E-state index contributed by atoms with van der Waals surface area (Å²) in [6.07, 6.45) is 4.62. The molecule has 2 unspecified atom stereocenters. The van der Waals surface area contributed by atoms with Crippen molar-refractivity contribution in [2.75, 3.05) is 0 Å². The second-order valence-corrected chi connectivity index (χ2v) is 9.57. The van der Waals surface area contributed by atoms with Gasteiger partial charge in [0, 0.05) is 6.04 Å². The molecule has 1 aliphatic heterocycles. The summed E-state index contributed by atoms with van der Waals surface area (Å²) in [5.74, 6) is -1.29. The summed E-state index contributed by atoms with van der Waals surface area (Å²) in [6, 6.07) is 16.3. The Morgan fingerprint density at radius 2 is 1.93 bits per heavy atom. The first kappa shape index (κ1) is 20.8. The van der Waals surface area contributed by atoms with Gasteiger partial charge in [0.1, 0.15) is 4.32 Å². The van der Waals surface area contributed by atoms with E-state index < -0.39 is 11.9 Å². The van der Waals surface area contributed by atoms with E-state index in [1.165, 1.54) is 17.3 Å². The molecule has 1 amide bonds. The molecule has 1 aliphatic carbocycles. The molecule has 4 nitrogen and oxygen atoms in total. The second kappa shape index (κ2) is 8.74. The molecule has 0 radical (unpaired) electrons. The molecular weight excluding hydrogens is 414 g/mol. The van der Waals surface area contributed by atoms with Gasteiger partial charge in [0.15, 0.2) is 0 Å². The number of carboxylic acid groups (broad SMARTS) is 1. The number of hydrogen-bond donors (Lipinski definition) is 1. The summed E-state index contributed by atoms with van der Waals surface area (Å²) < 4.78 is 0.525. The van der Waals surface area contributed by atoms with Crippen molar-refractivity contribution in [2.45, 2.75) is 38.6 Å². The van der Waals surface area contributed by atoms with E-state index in [1.54, 1.807) is 4.90 Å². The third-order valence-electron chi connectivity index (χ3n) is 5.75. The number of carbonyl (C=O) groups excluding carboxylic acids is 1. The SMILES string of the molecule is Cc1ccc(-c2cccc(C=C3SC(=S)N(C4CCCC(C(=O)O)C4)C3=O)c2)cc1. The molecule has 30 heavy (non-hydrogen) atoms. The zero-order valence-electron chi connectivity index (χ0n) is 16.7. The highest BCUT2D eigenvalue weighted by Crippen LogP contribution is 2.38. The first-order chi connectivity index (χ1) is 14.4. The average Bonchev–Trinajstić information content (AvgIpc) is 3.01. The van der Waals surface area contributed by atoms with Gasteiger partial charge in [-0.3, -0.25) is 14.5 Å². The number of aliphatic carboxylic acids is 1. The van der Waals surface area contributed by atoms with E-state index in [4.69, 9.17) is 12.2 Å². The number of carboxylic acids is 1. The Morgan fingerprint density at radius 3 is 2.67 bits per heavy atom. The summed E-state index contributed by atoms with van der Waals surface area (Å²) in [4.78, 5) is 26.7. The number of amides is 1. The van der Waals surface area contributed by atoms with E-state index >= 15 is 0 Å². The fraction of sp³-hybridized carbons (Fsp3) is 0.292. The average molecular weight is 438 g/mol. The number of thioether (sulfide) groups is 1. The third kappa shape index (κ3) is 4.35. The summed E-state index contributed by atoms with van der Waals surface area (Å²) in [5.41, 5.74) is 4.38. The van der Waals surface area contributed by atoms with Crippen molar-refractivity contribution in [3.63, 3.8) is 0 Å². The highest BCUT2D eigenvalue weighted by molar-refractivity contribution is 8.26. The van der Waals surface area contributed by atoms with Crippen molar-refractivity contribution < 1.29 is 14.7 Å². The van der Waals surface area contributed by atoms with E-state index in [0.29, 0.717) is 22.1 Å². The molecule has 154 valence electrons. The summed E-state index contributed by atoms with van der Waals surface area (Å²) in [5, 5.41) is 9.36. The van der Waals surface area contributed by atoms with Crippen LogP contribution in [0.1, 0.15) is 36.8 Å². The van der Waals surface area contributed by atoms with Crippen LogP contribution in [-0.2, 0) is 9.59 Å². The van der Waals surface area contributed by atoms with Gasteiger partial charge in [0.05, 0.1) is 10.8 Å². The van der Waals surface area contributed by atoms with Gasteiger partial charge >= 0.3 is 5.97 Å². The molecule has 2 fully saturated rings. The Morgan fingerprint density at radius 1 is 1.17 bits per heavy atom. The summed E-state index contributed by atoms with van der Waals surface area (Å²) >= 11 is 6.80. The largest absolute Gasteiger partial charge is 0.481 e. The van der Waals surface area contributed by atoms with Crippen LogP contribution in [0.25, 0.3) is 17.2 Å². The van der Waals surface area contributed by atoms with Crippen LogP contribution in [0.4, 0.5) is 0 Å². The number of carbonyl (C=O) groups is 2. The van der Waals surface area contributed by atoms with Gasteiger partial charge in [-0.1, -0.05) is 78.4 Å². The lowest BCUT2D eigenvalue weighted by molar-refractivity contribution is -0.144. The first-order valence-corrected chi connectivity index (χ1v) is 11.3. The maximum Gasteiger partial charge on any atom is 0.306 e. The van der Waals surface area contributed by atoms with E-state index in [-0.39, 0.29) is 11.9 Å². The molecular formula is C24H23NO3S2. The topological polar surface area (TPSA) is 57.6 Å². The van der Waals surface area contributed by atoms with Gasteiger partial charge in [-0.25, -0.2) is 0 Å². The Labute approximate surface area is 186 Å². The maximum absolute atomic E-state index is 13.1. The van der Waals surface area contributed by atoms with Crippen molar-refractivity contribution in [3.8, 4) is 11.1 Å². The fourth-order valence-corrected chi connectivity index (χ4v) is 5.52. The maximum atomic E-state index is 13.1. The number of rotatable bonds is 4. The molecule has 2 aromatic rings. The molecule has 2 atom stereocenters. The smallest absolute Gasteiger partial charge is 0.306 e. The molecule has 1 N–H and O–H groups in total. The number of aryl methyl sites for hydroxylation is 1. The molecule has 2 aliphatic rings.